The summed E-state index contributed by atoms with van der Waals surface area (Å²) in [7, 11) is 0. The van der Waals surface area contributed by atoms with E-state index in [0.717, 1.165) is 38.6 Å². The summed E-state index contributed by atoms with van der Waals surface area (Å²) >= 11 is 0. The van der Waals surface area contributed by atoms with Gasteiger partial charge in [-0.25, -0.2) is 0 Å². The topological polar surface area (TPSA) is 49.3 Å². The predicted molar refractivity (Wildman–Crippen MR) is 85.3 cm³/mol. The summed E-state index contributed by atoms with van der Waals surface area (Å²) in [6, 6.07) is 9.15. The van der Waals surface area contributed by atoms with E-state index in [1.54, 1.807) is 0 Å². The third kappa shape index (κ3) is 4.57. The second kappa shape index (κ2) is 7.60. The highest BCUT2D eigenvalue weighted by molar-refractivity contribution is 5.69. The Morgan fingerprint density at radius 2 is 1.86 bits per heavy atom. The lowest BCUT2D eigenvalue weighted by atomic mass is 9.82. The fourth-order valence-electron chi connectivity index (χ4n) is 3.22. The minimum absolute atomic E-state index is 0.111. The monoisotopic (exact) mass is 289 g/mol. The van der Waals surface area contributed by atoms with Crippen molar-refractivity contribution in [2.75, 3.05) is 6.54 Å². The molecule has 2 N–H and O–H groups in total. The van der Waals surface area contributed by atoms with E-state index in [2.05, 4.69) is 43.4 Å². The lowest BCUT2D eigenvalue weighted by molar-refractivity contribution is -0.143. The van der Waals surface area contributed by atoms with Crippen LogP contribution in [-0.4, -0.2) is 17.6 Å². The van der Waals surface area contributed by atoms with Gasteiger partial charge in [0.2, 0.25) is 0 Å². The van der Waals surface area contributed by atoms with Gasteiger partial charge in [0.05, 0.1) is 5.92 Å². The van der Waals surface area contributed by atoms with Gasteiger partial charge < -0.3 is 10.4 Å². The molecule has 1 unspecified atom stereocenters. The van der Waals surface area contributed by atoms with Crippen molar-refractivity contribution < 1.29 is 9.90 Å². The van der Waals surface area contributed by atoms with E-state index in [4.69, 9.17) is 5.11 Å². The van der Waals surface area contributed by atoms with E-state index < -0.39 is 5.97 Å². The molecule has 1 aliphatic carbocycles. The summed E-state index contributed by atoms with van der Waals surface area (Å²) in [5.74, 6) is -0.104. The van der Waals surface area contributed by atoms with E-state index >= 15 is 0 Å². The summed E-state index contributed by atoms with van der Waals surface area (Å²) < 4.78 is 0. The molecule has 3 nitrogen and oxygen atoms in total. The second-order valence-corrected chi connectivity index (χ2v) is 6.34. The highest BCUT2D eigenvalue weighted by Crippen LogP contribution is 2.29. The van der Waals surface area contributed by atoms with Crippen molar-refractivity contribution in [3.63, 3.8) is 0 Å². The van der Waals surface area contributed by atoms with E-state index in [1.165, 1.54) is 11.1 Å². The van der Waals surface area contributed by atoms with Gasteiger partial charge in [-0.2, -0.15) is 0 Å². The van der Waals surface area contributed by atoms with Gasteiger partial charge >= 0.3 is 5.97 Å². The first-order valence-corrected chi connectivity index (χ1v) is 8.13. The highest BCUT2D eigenvalue weighted by atomic mass is 16.4. The maximum atomic E-state index is 11.0. The molecule has 1 aromatic rings. The van der Waals surface area contributed by atoms with E-state index in [0.29, 0.717) is 12.0 Å². The van der Waals surface area contributed by atoms with Crippen LogP contribution in [0.25, 0.3) is 0 Å². The quantitative estimate of drug-likeness (QED) is 0.834. The molecule has 0 bridgehead atoms. The Kier molecular flexibility index (Phi) is 5.80. The zero-order chi connectivity index (χ0) is 15.2. The lowest BCUT2D eigenvalue weighted by Crippen LogP contribution is -2.31. The van der Waals surface area contributed by atoms with Crippen LogP contribution in [0.15, 0.2) is 24.3 Å². The SMILES string of the molecule is CCC(NCC1CCC(C(=O)O)CC1)c1ccc(C)cc1. The zero-order valence-corrected chi connectivity index (χ0v) is 13.1. The Bertz CT molecular complexity index is 447. The number of hydrogen-bond acceptors (Lipinski definition) is 2. The average molecular weight is 289 g/mol. The smallest absolute Gasteiger partial charge is 0.306 e. The molecule has 0 aromatic heterocycles. The molecule has 116 valence electrons. The van der Waals surface area contributed by atoms with Crippen LogP contribution in [0.4, 0.5) is 0 Å². The summed E-state index contributed by atoms with van der Waals surface area (Å²) in [6.45, 7) is 5.32. The Morgan fingerprint density at radius 1 is 1.24 bits per heavy atom. The molecule has 0 aliphatic heterocycles. The molecule has 1 aromatic carbocycles. The van der Waals surface area contributed by atoms with Crippen LogP contribution in [0.3, 0.4) is 0 Å². The molecule has 3 heteroatoms. The van der Waals surface area contributed by atoms with Crippen molar-refractivity contribution in [2.24, 2.45) is 11.8 Å². The number of carboxylic acid groups (broad SMARTS) is 1. The minimum atomic E-state index is -0.618. The number of carbonyl (C=O) groups is 1. The minimum Gasteiger partial charge on any atom is -0.481 e. The van der Waals surface area contributed by atoms with Gasteiger partial charge in [-0.05, 0) is 57.1 Å². The molecule has 0 saturated heterocycles. The molecular weight excluding hydrogens is 262 g/mol. The number of benzene rings is 1. The molecule has 0 spiro atoms. The molecule has 0 heterocycles. The number of aryl methyl sites for hydroxylation is 1. The van der Waals surface area contributed by atoms with Gasteiger partial charge in [0.1, 0.15) is 0 Å². The zero-order valence-electron chi connectivity index (χ0n) is 13.1. The third-order valence-electron chi connectivity index (χ3n) is 4.74. The van der Waals surface area contributed by atoms with E-state index in [1.807, 2.05) is 0 Å². The molecule has 1 aliphatic rings. The standard InChI is InChI=1S/C18H27NO2/c1-3-17(15-8-4-13(2)5-9-15)19-12-14-6-10-16(11-7-14)18(20)21/h4-5,8-9,14,16-17,19H,3,6-7,10-12H2,1-2H3,(H,20,21). The van der Waals surface area contributed by atoms with Crippen LogP contribution in [-0.2, 0) is 4.79 Å². The van der Waals surface area contributed by atoms with Crippen LogP contribution in [0.2, 0.25) is 0 Å². The molecule has 1 saturated carbocycles. The van der Waals surface area contributed by atoms with Crippen LogP contribution in [0.1, 0.15) is 56.2 Å². The molecule has 0 radical (unpaired) electrons. The van der Waals surface area contributed by atoms with Crippen LogP contribution < -0.4 is 5.32 Å². The molecule has 2 rings (SSSR count). The highest BCUT2D eigenvalue weighted by Gasteiger charge is 2.26. The van der Waals surface area contributed by atoms with Gasteiger partial charge in [0.25, 0.3) is 0 Å². The summed E-state index contributed by atoms with van der Waals surface area (Å²) in [5.41, 5.74) is 2.64. The van der Waals surface area contributed by atoms with Crippen LogP contribution in [0.5, 0.6) is 0 Å². The number of nitrogens with one attached hydrogen (secondary N) is 1. The molecule has 0 amide bonds. The van der Waals surface area contributed by atoms with Crippen molar-refractivity contribution in [1.29, 1.82) is 0 Å². The van der Waals surface area contributed by atoms with Crippen molar-refractivity contribution in [1.82, 2.24) is 5.32 Å². The number of carboxylic acids is 1. The molecular formula is C18H27NO2. The summed E-state index contributed by atoms with van der Waals surface area (Å²) in [5, 5.41) is 12.7. The number of aliphatic carboxylic acids is 1. The van der Waals surface area contributed by atoms with E-state index in [-0.39, 0.29) is 5.92 Å². The maximum absolute atomic E-state index is 11.0. The van der Waals surface area contributed by atoms with Crippen molar-refractivity contribution in [3.8, 4) is 0 Å². The first kappa shape index (κ1) is 16.0. The number of rotatable bonds is 6. The van der Waals surface area contributed by atoms with Crippen LogP contribution >= 0.6 is 0 Å². The maximum Gasteiger partial charge on any atom is 0.306 e. The third-order valence-corrected chi connectivity index (χ3v) is 4.74. The second-order valence-electron chi connectivity index (χ2n) is 6.34. The van der Waals surface area contributed by atoms with Gasteiger partial charge in [-0.3, -0.25) is 4.79 Å². The predicted octanol–water partition coefficient (Wildman–Crippen LogP) is 3.93. The van der Waals surface area contributed by atoms with Crippen molar-refractivity contribution >= 4 is 5.97 Å². The van der Waals surface area contributed by atoms with Gasteiger partial charge in [-0.1, -0.05) is 36.8 Å². The van der Waals surface area contributed by atoms with Gasteiger partial charge in [0, 0.05) is 6.04 Å². The first-order valence-electron chi connectivity index (χ1n) is 8.13. The Hall–Kier alpha value is -1.35. The van der Waals surface area contributed by atoms with Crippen molar-refractivity contribution in [2.45, 2.75) is 52.0 Å². The fourth-order valence-corrected chi connectivity index (χ4v) is 3.22. The van der Waals surface area contributed by atoms with Gasteiger partial charge in [-0.15, -0.1) is 0 Å². The van der Waals surface area contributed by atoms with Crippen LogP contribution in [0, 0.1) is 18.8 Å². The average Bonchev–Trinajstić information content (AvgIpc) is 2.50. The molecule has 1 fully saturated rings. The summed E-state index contributed by atoms with van der Waals surface area (Å²) in [4.78, 5) is 11.0. The van der Waals surface area contributed by atoms with E-state index in [9.17, 15) is 4.79 Å². The molecule has 21 heavy (non-hydrogen) atoms. The lowest BCUT2D eigenvalue weighted by Gasteiger charge is -2.28. The Labute approximate surface area is 127 Å². The Morgan fingerprint density at radius 3 is 2.38 bits per heavy atom. The largest absolute Gasteiger partial charge is 0.481 e. The van der Waals surface area contributed by atoms with Crippen molar-refractivity contribution in [3.05, 3.63) is 35.4 Å². The summed E-state index contributed by atoms with van der Waals surface area (Å²) in [6.07, 6.45) is 4.82. The first-order chi connectivity index (χ1) is 10.1. The van der Waals surface area contributed by atoms with Gasteiger partial charge in [0.15, 0.2) is 0 Å². The number of hydrogen-bond donors (Lipinski definition) is 2. The fraction of sp³-hybridized carbons (Fsp3) is 0.611. The molecule has 1 atom stereocenters. The Balaban J connectivity index is 1.81. The normalized spacial score (nSPS) is 23.7.